The smallest absolute Gasteiger partial charge is 0.270 e. The summed E-state index contributed by atoms with van der Waals surface area (Å²) in [6, 6.07) is 7.61. The Morgan fingerprint density at radius 3 is 2.50 bits per heavy atom. The molecule has 2 rings (SSSR count). The molecule has 182 valence electrons. The van der Waals surface area contributed by atoms with Crippen molar-refractivity contribution in [2.45, 2.75) is 46.3 Å². The summed E-state index contributed by atoms with van der Waals surface area (Å²) < 4.78 is 12.2. The highest BCUT2D eigenvalue weighted by Gasteiger charge is 2.19. The summed E-state index contributed by atoms with van der Waals surface area (Å²) in [5.41, 5.74) is 0.688. The van der Waals surface area contributed by atoms with Crippen LogP contribution in [0, 0.1) is 28.4 Å². The number of anilines is 1. The molecule has 0 spiro atoms. The molecule has 0 bridgehead atoms. The van der Waals surface area contributed by atoms with Crippen LogP contribution < -0.4 is 10.9 Å². The van der Waals surface area contributed by atoms with Crippen LogP contribution in [0.3, 0.4) is 0 Å². The molecular formula is C23H30N6O5. The summed E-state index contributed by atoms with van der Waals surface area (Å²) in [5.74, 6) is 0.452. The lowest BCUT2D eigenvalue weighted by Gasteiger charge is -2.19. The standard InChI is InChI=1S/C23H30N6O5/c1-16(2)34-14-6-12-28-22(25-11-5-13-33-4)21(17(3)20(15-24)23(28)30)27-26-18-7-9-19(10-8-18)29(31)32/h7-10,16,25H,5-6,11-14H2,1-4H3. The molecule has 0 radical (unpaired) electrons. The average molecular weight is 471 g/mol. The van der Waals surface area contributed by atoms with Crippen molar-refractivity contribution in [2.75, 3.05) is 32.2 Å². The maximum atomic E-state index is 13.1. The zero-order chi connectivity index (χ0) is 25.1. The molecule has 0 amide bonds. The first-order valence-corrected chi connectivity index (χ1v) is 11.0. The van der Waals surface area contributed by atoms with E-state index in [1.165, 1.54) is 28.8 Å². The van der Waals surface area contributed by atoms with Gasteiger partial charge in [-0.1, -0.05) is 0 Å². The fraction of sp³-hybridized carbons (Fsp3) is 0.478. The Bertz CT molecular complexity index is 1100. The van der Waals surface area contributed by atoms with E-state index in [4.69, 9.17) is 9.47 Å². The van der Waals surface area contributed by atoms with Crippen molar-refractivity contribution in [3.8, 4) is 6.07 Å². The fourth-order valence-corrected chi connectivity index (χ4v) is 3.18. The largest absolute Gasteiger partial charge is 0.385 e. The Hall–Kier alpha value is -3.62. The van der Waals surface area contributed by atoms with Gasteiger partial charge in [0.2, 0.25) is 0 Å². The van der Waals surface area contributed by atoms with Crippen molar-refractivity contribution in [3.05, 3.63) is 55.9 Å². The Morgan fingerprint density at radius 1 is 1.21 bits per heavy atom. The van der Waals surface area contributed by atoms with Gasteiger partial charge in [0.15, 0.2) is 0 Å². The molecule has 0 saturated heterocycles. The van der Waals surface area contributed by atoms with E-state index in [1.807, 2.05) is 19.9 Å². The zero-order valence-electron chi connectivity index (χ0n) is 19.9. The third kappa shape index (κ3) is 7.19. The lowest BCUT2D eigenvalue weighted by Crippen LogP contribution is -2.28. The van der Waals surface area contributed by atoms with E-state index in [0.717, 1.165) is 0 Å². The highest BCUT2D eigenvalue weighted by atomic mass is 16.6. The van der Waals surface area contributed by atoms with E-state index in [9.17, 15) is 20.2 Å². The number of non-ortho nitro benzene ring substituents is 1. The maximum Gasteiger partial charge on any atom is 0.270 e. The van der Waals surface area contributed by atoms with Gasteiger partial charge in [-0.15, -0.1) is 5.11 Å². The van der Waals surface area contributed by atoms with Gasteiger partial charge < -0.3 is 14.8 Å². The van der Waals surface area contributed by atoms with Gasteiger partial charge in [-0.05, 0) is 45.7 Å². The molecule has 0 atom stereocenters. The number of hydrogen-bond acceptors (Lipinski definition) is 9. The van der Waals surface area contributed by atoms with Gasteiger partial charge in [-0.3, -0.25) is 19.5 Å². The number of nitriles is 1. The molecule has 34 heavy (non-hydrogen) atoms. The third-order valence-corrected chi connectivity index (χ3v) is 4.92. The van der Waals surface area contributed by atoms with Crippen LogP contribution in [0.4, 0.5) is 22.9 Å². The van der Waals surface area contributed by atoms with E-state index in [1.54, 1.807) is 14.0 Å². The predicted molar refractivity (Wildman–Crippen MR) is 128 cm³/mol. The third-order valence-electron chi connectivity index (χ3n) is 4.92. The minimum absolute atomic E-state index is 0.00938. The number of hydrogen-bond donors (Lipinski definition) is 1. The summed E-state index contributed by atoms with van der Waals surface area (Å²) in [6.45, 7) is 7.36. The van der Waals surface area contributed by atoms with Crippen molar-refractivity contribution < 1.29 is 14.4 Å². The number of nitrogens with zero attached hydrogens (tertiary/aromatic N) is 5. The molecule has 1 N–H and O–H groups in total. The molecule has 0 aliphatic heterocycles. The lowest BCUT2D eigenvalue weighted by atomic mass is 10.1. The van der Waals surface area contributed by atoms with Crippen molar-refractivity contribution in [1.82, 2.24) is 4.57 Å². The fourth-order valence-electron chi connectivity index (χ4n) is 3.18. The molecule has 0 unspecified atom stereocenters. The SMILES string of the molecule is COCCCNc1c(N=Nc2ccc([N+](=O)[O-])cc2)c(C)c(C#N)c(=O)n1CCCOC(C)C. The number of nitro groups is 1. The van der Waals surface area contributed by atoms with Gasteiger partial charge in [0.1, 0.15) is 23.1 Å². The van der Waals surface area contributed by atoms with Crippen LogP contribution in [0.15, 0.2) is 39.3 Å². The van der Waals surface area contributed by atoms with E-state index < -0.39 is 10.5 Å². The van der Waals surface area contributed by atoms with Gasteiger partial charge in [0.25, 0.3) is 11.2 Å². The normalized spacial score (nSPS) is 11.2. The molecule has 1 aromatic heterocycles. The van der Waals surface area contributed by atoms with Crippen LogP contribution in [0.25, 0.3) is 0 Å². The monoisotopic (exact) mass is 470 g/mol. The van der Waals surface area contributed by atoms with Gasteiger partial charge >= 0.3 is 0 Å². The lowest BCUT2D eigenvalue weighted by molar-refractivity contribution is -0.384. The van der Waals surface area contributed by atoms with Gasteiger partial charge in [-0.2, -0.15) is 10.4 Å². The summed E-state index contributed by atoms with van der Waals surface area (Å²) >= 11 is 0. The molecule has 0 aliphatic carbocycles. The van der Waals surface area contributed by atoms with Crippen molar-refractivity contribution in [2.24, 2.45) is 10.2 Å². The molecule has 11 nitrogen and oxygen atoms in total. The Kier molecular flexibility index (Phi) is 10.3. The first kappa shape index (κ1) is 26.6. The van der Waals surface area contributed by atoms with Gasteiger partial charge in [0, 0.05) is 51.1 Å². The first-order chi connectivity index (χ1) is 16.3. The van der Waals surface area contributed by atoms with Crippen LogP contribution in [-0.4, -0.2) is 42.5 Å². The molecule has 1 aromatic carbocycles. The molecular weight excluding hydrogens is 440 g/mol. The number of ether oxygens (including phenoxy) is 2. The minimum atomic E-state index is -0.495. The number of benzene rings is 1. The Morgan fingerprint density at radius 2 is 1.91 bits per heavy atom. The highest BCUT2D eigenvalue weighted by molar-refractivity contribution is 5.68. The summed E-state index contributed by atoms with van der Waals surface area (Å²) in [5, 5.41) is 32.3. The minimum Gasteiger partial charge on any atom is -0.385 e. The van der Waals surface area contributed by atoms with Crippen molar-refractivity contribution in [1.29, 1.82) is 5.26 Å². The van der Waals surface area contributed by atoms with Crippen molar-refractivity contribution >= 4 is 22.9 Å². The number of azo groups is 1. The second-order valence-electron chi connectivity index (χ2n) is 7.79. The number of nitrogens with one attached hydrogen (secondary N) is 1. The molecule has 0 aliphatic rings. The number of nitro benzene ring substituents is 1. The van der Waals surface area contributed by atoms with E-state index in [0.29, 0.717) is 61.9 Å². The topological polar surface area (TPSA) is 144 Å². The van der Waals surface area contributed by atoms with E-state index in [-0.39, 0.29) is 17.4 Å². The number of methoxy groups -OCH3 is 1. The predicted octanol–water partition coefficient (Wildman–Crippen LogP) is 4.62. The molecule has 11 heteroatoms. The number of aromatic nitrogens is 1. The molecule has 0 saturated carbocycles. The van der Waals surface area contributed by atoms with Crippen LogP contribution in [0.5, 0.6) is 0 Å². The Balaban J connectivity index is 2.49. The first-order valence-electron chi connectivity index (χ1n) is 11.0. The maximum absolute atomic E-state index is 13.1. The molecule has 1 heterocycles. The molecule has 2 aromatic rings. The van der Waals surface area contributed by atoms with Gasteiger partial charge in [-0.25, -0.2) is 0 Å². The Labute approximate surface area is 198 Å². The van der Waals surface area contributed by atoms with Crippen LogP contribution in [-0.2, 0) is 16.0 Å². The van der Waals surface area contributed by atoms with E-state index in [2.05, 4.69) is 15.5 Å². The summed E-state index contributed by atoms with van der Waals surface area (Å²) in [6.07, 6.45) is 1.33. The zero-order valence-corrected chi connectivity index (χ0v) is 19.9. The van der Waals surface area contributed by atoms with Crippen LogP contribution in [0.2, 0.25) is 0 Å². The number of pyridine rings is 1. The molecule has 0 fully saturated rings. The van der Waals surface area contributed by atoms with Gasteiger partial charge in [0.05, 0.1) is 16.7 Å². The second-order valence-corrected chi connectivity index (χ2v) is 7.79. The number of rotatable bonds is 13. The van der Waals surface area contributed by atoms with Crippen LogP contribution in [0.1, 0.15) is 37.8 Å². The second kappa shape index (κ2) is 13.2. The van der Waals surface area contributed by atoms with E-state index >= 15 is 0 Å². The summed E-state index contributed by atoms with van der Waals surface area (Å²) in [7, 11) is 1.61. The quantitative estimate of drug-likeness (QED) is 0.195. The average Bonchev–Trinajstić information content (AvgIpc) is 2.80. The van der Waals surface area contributed by atoms with Crippen LogP contribution >= 0.6 is 0 Å². The summed E-state index contributed by atoms with van der Waals surface area (Å²) in [4.78, 5) is 23.5. The highest BCUT2D eigenvalue weighted by Crippen LogP contribution is 2.32. The van der Waals surface area contributed by atoms with Crippen molar-refractivity contribution in [3.63, 3.8) is 0 Å².